The van der Waals surface area contributed by atoms with Crippen LogP contribution in [0.1, 0.15) is 15.8 Å². The fourth-order valence-electron chi connectivity index (χ4n) is 1.18. The summed E-state index contributed by atoms with van der Waals surface area (Å²) in [7, 11) is 0. The van der Waals surface area contributed by atoms with Crippen LogP contribution in [-0.4, -0.2) is 17.5 Å². The van der Waals surface area contributed by atoms with Crippen molar-refractivity contribution in [1.29, 1.82) is 0 Å². The minimum Gasteiger partial charge on any atom is -0.349 e. The molecule has 66 valence electrons. The van der Waals surface area contributed by atoms with E-state index >= 15 is 0 Å². The average molecular weight is 195 g/mol. The number of benzene rings is 1. The van der Waals surface area contributed by atoms with E-state index in [1.807, 2.05) is 0 Å². The van der Waals surface area contributed by atoms with Gasteiger partial charge in [0.2, 0.25) is 0 Å². The number of aldehydes is 1. The van der Waals surface area contributed by atoms with Crippen molar-refractivity contribution in [3.8, 4) is 0 Å². The molecule has 0 saturated carbocycles. The molecule has 0 aliphatic rings. The molecule has 2 rings (SSSR count). The van der Waals surface area contributed by atoms with Crippen molar-refractivity contribution < 1.29 is 10.3 Å². The Hall–Kier alpha value is -1.22. The van der Waals surface area contributed by atoms with Gasteiger partial charge in [0.05, 0.1) is 16.1 Å². The van der Waals surface area contributed by atoms with Gasteiger partial charge in [-0.05, 0) is 12.3 Å². The molecule has 0 radical (unpaired) electrons. The van der Waals surface area contributed by atoms with Gasteiger partial charge in [-0.1, -0.05) is 18.1 Å². The van der Waals surface area contributed by atoms with Crippen molar-refractivity contribution in [3.05, 3.63) is 29.7 Å². The van der Waals surface area contributed by atoms with E-state index in [0.29, 0.717) is 16.9 Å². The van der Waals surface area contributed by atoms with E-state index in [4.69, 9.17) is 5.48 Å². The van der Waals surface area contributed by atoms with Crippen LogP contribution in [0.2, 0.25) is 0 Å². The molecule has 0 unspecified atom stereocenters. The quantitative estimate of drug-likeness (QED) is 0.590. The van der Waals surface area contributed by atoms with Crippen molar-refractivity contribution in [3.63, 3.8) is 0 Å². The van der Waals surface area contributed by atoms with Gasteiger partial charge in [0, 0.05) is 10.9 Å². The number of aromatic amines is 1. The second kappa shape index (κ2) is 3.26. The molecule has 0 atom stereocenters. The molecular weight excluding hydrogens is 182 g/mol. The Morgan fingerprint density at radius 1 is 1.54 bits per heavy atom. The molecule has 0 fully saturated rings. The molecule has 1 N–H and O–H groups in total. The second-order valence-corrected chi connectivity index (χ2v) is 3.26. The van der Waals surface area contributed by atoms with Crippen molar-refractivity contribution in [1.82, 2.24) is 4.98 Å². The first-order valence-corrected chi connectivity index (χ1v) is 4.86. The topological polar surface area (TPSA) is 32.9 Å². The number of H-pyrrole nitrogens is 1. The van der Waals surface area contributed by atoms with Gasteiger partial charge in [0.15, 0.2) is 6.29 Å². The lowest BCUT2D eigenvalue weighted by Gasteiger charge is -1.89. The molecule has 1 aromatic heterocycles. The minimum atomic E-state index is -0.322. The number of carbonyl (C=O) groups excluding carboxylic acids is 1. The highest BCUT2D eigenvalue weighted by atomic mass is 32.2. The van der Waals surface area contributed by atoms with Crippen molar-refractivity contribution in [2.75, 3.05) is 6.26 Å². The van der Waals surface area contributed by atoms with Gasteiger partial charge in [-0.2, -0.15) is 0 Å². The van der Waals surface area contributed by atoms with Crippen LogP contribution in [-0.2, 0) is 0 Å². The maximum atomic E-state index is 11.0. The zero-order valence-corrected chi connectivity index (χ0v) is 7.71. The summed E-state index contributed by atoms with van der Waals surface area (Å²) in [5.41, 5.74) is 0.571. The van der Waals surface area contributed by atoms with E-state index in [9.17, 15) is 4.79 Å². The van der Waals surface area contributed by atoms with Crippen LogP contribution in [0, 0.1) is 0 Å². The smallest absolute Gasteiger partial charge is 0.153 e. The Kier molecular flexibility index (Phi) is 1.22. The number of aromatic nitrogens is 1. The third-order valence-electron chi connectivity index (χ3n) is 1.76. The summed E-state index contributed by atoms with van der Waals surface area (Å²) in [6.07, 6.45) is 2.39. The SMILES string of the molecule is [2H]c1c([2H])c([2H])c2c(C=O)c(SC)[nH]c2c1[2H]. The third-order valence-corrected chi connectivity index (χ3v) is 2.49. The minimum absolute atomic E-state index is 0.149. The lowest BCUT2D eigenvalue weighted by molar-refractivity contribution is 0.112. The van der Waals surface area contributed by atoms with Crippen LogP contribution in [0.25, 0.3) is 10.9 Å². The Morgan fingerprint density at radius 3 is 3.00 bits per heavy atom. The predicted molar refractivity (Wildman–Crippen MR) is 55.5 cm³/mol. The molecule has 0 bridgehead atoms. The van der Waals surface area contributed by atoms with Gasteiger partial charge in [-0.25, -0.2) is 0 Å². The summed E-state index contributed by atoms with van der Waals surface area (Å²) in [5.74, 6) is 0. The highest BCUT2D eigenvalue weighted by Crippen LogP contribution is 2.26. The summed E-state index contributed by atoms with van der Waals surface area (Å²) in [5, 5.41) is 0.817. The first kappa shape index (κ1) is 4.86. The van der Waals surface area contributed by atoms with Crippen LogP contribution in [0.5, 0.6) is 0 Å². The summed E-state index contributed by atoms with van der Waals surface area (Å²) < 4.78 is 30.6. The summed E-state index contributed by atoms with van der Waals surface area (Å²) in [6.45, 7) is 0. The first-order valence-electron chi connectivity index (χ1n) is 5.64. The van der Waals surface area contributed by atoms with E-state index in [1.54, 1.807) is 6.26 Å². The monoisotopic (exact) mass is 195 g/mol. The number of carbonyl (C=O) groups is 1. The summed E-state index contributed by atoms with van der Waals surface area (Å²) >= 11 is 1.30. The van der Waals surface area contributed by atoms with Gasteiger partial charge in [0.1, 0.15) is 0 Å². The zero-order valence-electron chi connectivity index (χ0n) is 10.9. The molecule has 0 spiro atoms. The van der Waals surface area contributed by atoms with E-state index < -0.39 is 0 Å². The third kappa shape index (κ3) is 1.25. The standard InChI is InChI=1S/C10H9NOS/c1-13-10-8(6-12)7-4-2-3-5-9(7)11-10/h2-6,11H,1H3/i2D,3D,4D,5D. The number of thioether (sulfide) groups is 1. The Balaban J connectivity index is 3.03. The van der Waals surface area contributed by atoms with Gasteiger partial charge in [-0.15, -0.1) is 11.8 Å². The van der Waals surface area contributed by atoms with Crippen LogP contribution in [0.4, 0.5) is 0 Å². The van der Waals surface area contributed by atoms with Crippen molar-refractivity contribution in [2.45, 2.75) is 5.03 Å². The van der Waals surface area contributed by atoms with Crippen LogP contribution in [0.15, 0.2) is 29.2 Å². The highest BCUT2D eigenvalue weighted by Gasteiger charge is 2.08. The molecule has 13 heavy (non-hydrogen) atoms. The molecule has 2 nitrogen and oxygen atoms in total. The summed E-state index contributed by atoms with van der Waals surface area (Å²) in [4.78, 5) is 13.9. The largest absolute Gasteiger partial charge is 0.349 e. The van der Waals surface area contributed by atoms with E-state index in [2.05, 4.69) is 4.98 Å². The fraction of sp³-hybridized carbons (Fsp3) is 0.100. The van der Waals surface area contributed by atoms with Crippen LogP contribution >= 0.6 is 11.8 Å². The zero-order chi connectivity index (χ0) is 12.7. The molecule has 3 heteroatoms. The fourth-order valence-corrected chi connectivity index (χ4v) is 1.75. The molecule has 0 amide bonds. The molecule has 2 aromatic rings. The van der Waals surface area contributed by atoms with Crippen molar-refractivity contribution in [2.24, 2.45) is 0 Å². The first-order chi connectivity index (χ1) is 8.02. The molecule has 0 aliphatic carbocycles. The summed E-state index contributed by atoms with van der Waals surface area (Å²) in [6, 6.07) is -0.949. The van der Waals surface area contributed by atoms with Gasteiger partial charge in [-0.3, -0.25) is 4.79 Å². The number of hydrogen-bond acceptors (Lipinski definition) is 2. The Labute approximate surface area is 86.0 Å². The number of rotatable bonds is 2. The van der Waals surface area contributed by atoms with Gasteiger partial charge < -0.3 is 4.98 Å². The Bertz CT molecular complexity index is 623. The maximum Gasteiger partial charge on any atom is 0.153 e. The normalized spacial score (nSPS) is 14.8. The number of para-hydroxylation sites is 1. The highest BCUT2D eigenvalue weighted by molar-refractivity contribution is 7.98. The predicted octanol–water partition coefficient (Wildman–Crippen LogP) is 2.70. The van der Waals surface area contributed by atoms with Crippen molar-refractivity contribution >= 4 is 29.0 Å². The number of fused-ring (bicyclic) bond motifs is 1. The van der Waals surface area contributed by atoms with Gasteiger partial charge in [0.25, 0.3) is 0 Å². The number of nitrogens with one attached hydrogen (secondary N) is 1. The molecule has 0 saturated heterocycles. The van der Waals surface area contributed by atoms with Gasteiger partial charge >= 0.3 is 0 Å². The van der Waals surface area contributed by atoms with E-state index in [0.717, 1.165) is 0 Å². The Morgan fingerprint density at radius 2 is 2.31 bits per heavy atom. The molecule has 0 aliphatic heterocycles. The average Bonchev–Trinajstić information content (AvgIpc) is 2.72. The van der Waals surface area contributed by atoms with Crippen LogP contribution < -0.4 is 0 Å². The van der Waals surface area contributed by atoms with Crippen LogP contribution in [0.3, 0.4) is 0 Å². The molecular formula is C10H9NOS. The van der Waals surface area contributed by atoms with E-state index in [1.165, 1.54) is 11.8 Å². The second-order valence-electron chi connectivity index (χ2n) is 2.44. The molecule has 1 heterocycles. The maximum absolute atomic E-state index is 11.0. The number of hydrogen-bond donors (Lipinski definition) is 1. The lowest BCUT2D eigenvalue weighted by Crippen LogP contribution is -1.78. The van der Waals surface area contributed by atoms with E-state index in [-0.39, 0.29) is 35.1 Å². The lowest BCUT2D eigenvalue weighted by atomic mass is 10.2. The molecule has 1 aromatic carbocycles.